The van der Waals surface area contributed by atoms with Crippen LogP contribution in [0.1, 0.15) is 6.42 Å². The topological polar surface area (TPSA) is 111 Å². The molecule has 2 N–H and O–H groups in total. The molecule has 2 saturated heterocycles. The van der Waals surface area contributed by atoms with E-state index >= 15 is 0 Å². The average molecular weight is 480 g/mol. The number of rotatable bonds is 8. The number of para-hydroxylation sites is 1. The Morgan fingerprint density at radius 3 is 2.34 bits per heavy atom. The van der Waals surface area contributed by atoms with Crippen LogP contribution in [0, 0.1) is 0 Å². The van der Waals surface area contributed by atoms with E-state index in [2.05, 4.69) is 10.6 Å². The fourth-order valence-electron chi connectivity index (χ4n) is 4.14. The minimum atomic E-state index is -0.867. The molecule has 0 unspecified atom stereocenters. The zero-order valence-electron chi connectivity index (χ0n) is 19.4. The summed E-state index contributed by atoms with van der Waals surface area (Å²) >= 11 is 0. The van der Waals surface area contributed by atoms with Crippen LogP contribution in [0.4, 0.5) is 5.69 Å². The molecule has 4 amide bonds. The summed E-state index contributed by atoms with van der Waals surface area (Å²) in [6, 6.07) is 15.4. The van der Waals surface area contributed by atoms with Gasteiger partial charge in [0.25, 0.3) is 0 Å². The molecule has 2 fully saturated rings. The van der Waals surface area contributed by atoms with E-state index in [1.807, 2.05) is 35.2 Å². The molecule has 0 bridgehead atoms. The van der Waals surface area contributed by atoms with Crippen molar-refractivity contribution in [3.63, 3.8) is 0 Å². The monoisotopic (exact) mass is 479 g/mol. The lowest BCUT2D eigenvalue weighted by molar-refractivity contribution is -0.145. The average Bonchev–Trinajstić information content (AvgIpc) is 2.87. The van der Waals surface area contributed by atoms with Gasteiger partial charge in [0.05, 0.1) is 13.0 Å². The normalized spacial score (nSPS) is 18.5. The third-order valence-electron chi connectivity index (χ3n) is 6.06. The van der Waals surface area contributed by atoms with Crippen molar-refractivity contribution in [1.82, 2.24) is 20.0 Å². The van der Waals surface area contributed by atoms with Crippen molar-refractivity contribution >= 4 is 29.8 Å². The van der Waals surface area contributed by atoms with E-state index in [4.69, 9.17) is 4.74 Å². The second-order valence-electron chi connectivity index (χ2n) is 8.50. The summed E-state index contributed by atoms with van der Waals surface area (Å²) in [7, 11) is 0. The van der Waals surface area contributed by atoms with Gasteiger partial charge in [0.15, 0.2) is 0 Å². The van der Waals surface area contributed by atoms with Gasteiger partial charge >= 0.3 is 0 Å². The van der Waals surface area contributed by atoms with E-state index in [0.29, 0.717) is 56.5 Å². The van der Waals surface area contributed by atoms with E-state index in [9.17, 15) is 19.2 Å². The first-order valence-electron chi connectivity index (χ1n) is 11.6. The molecule has 0 radical (unpaired) electrons. The number of carbonyl (C=O) groups is 4. The number of amides is 4. The predicted octanol–water partition coefficient (Wildman–Crippen LogP) is 0.909. The van der Waals surface area contributed by atoms with Crippen LogP contribution in [0.15, 0.2) is 54.6 Å². The molecule has 4 rings (SSSR count). The number of hydrogen-bond donors (Lipinski definition) is 2. The largest absolute Gasteiger partial charge is 0.457 e. The first-order valence-corrected chi connectivity index (χ1v) is 11.6. The zero-order valence-corrected chi connectivity index (χ0v) is 19.4. The van der Waals surface area contributed by atoms with Gasteiger partial charge in [-0.1, -0.05) is 18.2 Å². The van der Waals surface area contributed by atoms with Crippen LogP contribution in [-0.4, -0.2) is 90.7 Å². The van der Waals surface area contributed by atoms with Crippen LogP contribution in [0.25, 0.3) is 0 Å². The second kappa shape index (κ2) is 11.5. The van der Waals surface area contributed by atoms with E-state index in [1.165, 1.54) is 4.90 Å². The summed E-state index contributed by atoms with van der Waals surface area (Å²) in [6.07, 6.45) is 0.672. The number of nitrogens with one attached hydrogen (secondary N) is 2. The van der Waals surface area contributed by atoms with Crippen molar-refractivity contribution in [1.29, 1.82) is 0 Å². The van der Waals surface area contributed by atoms with Crippen LogP contribution in [0.2, 0.25) is 0 Å². The summed E-state index contributed by atoms with van der Waals surface area (Å²) < 4.78 is 5.76. The Morgan fingerprint density at radius 1 is 0.971 bits per heavy atom. The molecule has 184 valence electrons. The number of nitrogens with zero attached hydrogens (tertiary/aromatic N) is 3. The maximum Gasteiger partial charge on any atom is 0.243 e. The van der Waals surface area contributed by atoms with Crippen molar-refractivity contribution in [3.05, 3.63) is 54.6 Å². The minimum absolute atomic E-state index is 0.140. The van der Waals surface area contributed by atoms with Gasteiger partial charge in [0, 0.05) is 45.0 Å². The fraction of sp³-hybridized carbons (Fsp3) is 0.360. The Balaban J connectivity index is 1.31. The van der Waals surface area contributed by atoms with Crippen molar-refractivity contribution in [3.8, 4) is 11.5 Å². The summed E-state index contributed by atoms with van der Waals surface area (Å²) in [5.74, 6) is 0.451. The maximum atomic E-state index is 13.0. The fourth-order valence-corrected chi connectivity index (χ4v) is 4.14. The Labute approximate surface area is 203 Å². The lowest BCUT2D eigenvalue weighted by Crippen LogP contribution is -2.60. The molecule has 35 heavy (non-hydrogen) atoms. The Kier molecular flexibility index (Phi) is 7.94. The van der Waals surface area contributed by atoms with Gasteiger partial charge in [-0.15, -0.1) is 0 Å². The number of benzene rings is 2. The molecular formula is C25H29N5O5. The van der Waals surface area contributed by atoms with Crippen molar-refractivity contribution in [2.75, 3.05) is 51.1 Å². The van der Waals surface area contributed by atoms with Crippen LogP contribution >= 0.6 is 0 Å². The summed E-state index contributed by atoms with van der Waals surface area (Å²) in [5, 5.41) is 5.54. The summed E-state index contributed by atoms with van der Waals surface area (Å²) in [4.78, 5) is 54.2. The van der Waals surface area contributed by atoms with Gasteiger partial charge in [-0.05, 0) is 36.4 Å². The lowest BCUT2D eigenvalue weighted by atomic mass is 10.1. The van der Waals surface area contributed by atoms with Crippen LogP contribution in [-0.2, 0) is 19.2 Å². The van der Waals surface area contributed by atoms with Gasteiger partial charge < -0.3 is 25.2 Å². The third kappa shape index (κ3) is 6.57. The van der Waals surface area contributed by atoms with Gasteiger partial charge in [-0.25, -0.2) is 0 Å². The molecule has 2 aromatic rings. The molecular weight excluding hydrogens is 450 g/mol. The van der Waals surface area contributed by atoms with E-state index in [1.54, 1.807) is 29.2 Å². The van der Waals surface area contributed by atoms with Crippen LogP contribution in [0.5, 0.6) is 11.5 Å². The Hall–Kier alpha value is -3.92. The molecule has 10 heteroatoms. The first kappa shape index (κ1) is 24.2. The van der Waals surface area contributed by atoms with Gasteiger partial charge in [-0.2, -0.15) is 0 Å². The van der Waals surface area contributed by atoms with Gasteiger partial charge in [0.1, 0.15) is 17.5 Å². The number of ether oxygens (including phenoxy) is 1. The Morgan fingerprint density at radius 2 is 1.66 bits per heavy atom. The van der Waals surface area contributed by atoms with Gasteiger partial charge in [-0.3, -0.25) is 24.1 Å². The first-order chi connectivity index (χ1) is 17.0. The molecule has 2 aromatic carbocycles. The van der Waals surface area contributed by atoms with E-state index in [0.717, 1.165) is 6.41 Å². The molecule has 0 aliphatic carbocycles. The number of hydrogen-bond acceptors (Lipinski definition) is 6. The molecule has 10 nitrogen and oxygen atoms in total. The lowest BCUT2D eigenvalue weighted by Gasteiger charge is -2.37. The molecule has 2 heterocycles. The molecule has 0 spiro atoms. The van der Waals surface area contributed by atoms with Crippen molar-refractivity contribution in [2.24, 2.45) is 0 Å². The highest BCUT2D eigenvalue weighted by Gasteiger charge is 2.35. The van der Waals surface area contributed by atoms with E-state index < -0.39 is 6.04 Å². The standard InChI is InChI=1S/C25H29N5O5/c31-18-29-14-12-28(13-15-29)17-24(33)30-11-10-26-25(34)22(30)16-23(32)27-19-6-8-21(9-7-19)35-20-4-2-1-3-5-20/h1-9,18,22H,10-17H2,(H,26,34)(H,27,32)/t22-/m0/s1. The van der Waals surface area contributed by atoms with Crippen molar-refractivity contribution in [2.45, 2.75) is 12.5 Å². The molecule has 1 atom stereocenters. The number of carbonyl (C=O) groups excluding carboxylic acids is 4. The number of piperazine rings is 2. The SMILES string of the molecule is O=CN1CCN(CC(=O)N2CCNC(=O)[C@@H]2CC(=O)Nc2ccc(Oc3ccccc3)cc2)CC1. The highest BCUT2D eigenvalue weighted by molar-refractivity contribution is 5.97. The maximum absolute atomic E-state index is 13.0. The third-order valence-corrected chi connectivity index (χ3v) is 6.06. The predicted molar refractivity (Wildman–Crippen MR) is 129 cm³/mol. The van der Waals surface area contributed by atoms with Crippen molar-refractivity contribution < 1.29 is 23.9 Å². The summed E-state index contributed by atoms with van der Waals surface area (Å²) in [6.45, 7) is 3.18. The molecule has 2 aliphatic rings. The van der Waals surface area contributed by atoms with E-state index in [-0.39, 0.29) is 30.7 Å². The Bertz CT molecular complexity index is 1040. The van der Waals surface area contributed by atoms with Crippen LogP contribution < -0.4 is 15.4 Å². The highest BCUT2D eigenvalue weighted by atomic mass is 16.5. The second-order valence-corrected chi connectivity index (χ2v) is 8.50. The number of anilines is 1. The highest BCUT2D eigenvalue weighted by Crippen LogP contribution is 2.23. The summed E-state index contributed by atoms with van der Waals surface area (Å²) in [5.41, 5.74) is 0.567. The molecule has 0 saturated carbocycles. The quantitative estimate of drug-likeness (QED) is 0.545. The minimum Gasteiger partial charge on any atom is -0.457 e. The van der Waals surface area contributed by atoms with Gasteiger partial charge in [0.2, 0.25) is 24.1 Å². The van der Waals surface area contributed by atoms with Crippen LogP contribution in [0.3, 0.4) is 0 Å². The zero-order chi connectivity index (χ0) is 24.6. The smallest absolute Gasteiger partial charge is 0.243 e. The molecule has 0 aromatic heterocycles. The molecule has 2 aliphatic heterocycles.